The van der Waals surface area contributed by atoms with Gasteiger partial charge in [-0.15, -0.1) is 0 Å². The van der Waals surface area contributed by atoms with E-state index in [4.69, 9.17) is 5.73 Å². The molecule has 3 N–H and O–H groups in total. The van der Waals surface area contributed by atoms with E-state index in [1.165, 1.54) is 0 Å². The first-order valence-electron chi connectivity index (χ1n) is 7.29. The Morgan fingerprint density at radius 3 is 2.95 bits per heavy atom. The highest BCUT2D eigenvalue weighted by molar-refractivity contribution is 5.79. The number of nitrogens with zero attached hydrogens (tertiary/aromatic N) is 3. The molecule has 1 aliphatic heterocycles. The SMILES string of the molecule is CCCNc1cnc(CN2CCCCC2C(N)=O)cn1. The molecule has 1 atom stereocenters. The van der Waals surface area contributed by atoms with Gasteiger partial charge < -0.3 is 11.1 Å². The third-order valence-corrected chi connectivity index (χ3v) is 3.57. The summed E-state index contributed by atoms with van der Waals surface area (Å²) in [6.45, 7) is 4.53. The van der Waals surface area contributed by atoms with Crippen LogP contribution in [0.1, 0.15) is 38.3 Å². The minimum absolute atomic E-state index is 0.163. The highest BCUT2D eigenvalue weighted by Gasteiger charge is 2.27. The molecule has 0 aromatic carbocycles. The number of hydrogen-bond acceptors (Lipinski definition) is 5. The van der Waals surface area contributed by atoms with Crippen LogP contribution in [-0.4, -0.2) is 39.9 Å². The zero-order valence-electron chi connectivity index (χ0n) is 12.0. The van der Waals surface area contributed by atoms with Gasteiger partial charge in [0.2, 0.25) is 5.91 Å². The van der Waals surface area contributed by atoms with Gasteiger partial charge in [-0.3, -0.25) is 14.7 Å². The molecule has 1 fully saturated rings. The maximum Gasteiger partial charge on any atom is 0.234 e. The molecule has 2 heterocycles. The van der Waals surface area contributed by atoms with Crippen LogP contribution in [0.3, 0.4) is 0 Å². The molecule has 1 saturated heterocycles. The Kier molecular flexibility index (Phi) is 5.29. The van der Waals surface area contributed by atoms with Crippen LogP contribution in [0.2, 0.25) is 0 Å². The zero-order valence-corrected chi connectivity index (χ0v) is 12.0. The van der Waals surface area contributed by atoms with E-state index in [1.54, 1.807) is 12.4 Å². The number of amides is 1. The largest absolute Gasteiger partial charge is 0.369 e. The number of rotatable bonds is 6. The van der Waals surface area contributed by atoms with Crippen molar-refractivity contribution in [3.63, 3.8) is 0 Å². The first-order valence-corrected chi connectivity index (χ1v) is 7.29. The third kappa shape index (κ3) is 3.90. The highest BCUT2D eigenvalue weighted by atomic mass is 16.1. The Bertz CT molecular complexity index is 434. The van der Waals surface area contributed by atoms with Gasteiger partial charge >= 0.3 is 0 Å². The summed E-state index contributed by atoms with van der Waals surface area (Å²) in [6, 6.07) is -0.163. The van der Waals surface area contributed by atoms with E-state index >= 15 is 0 Å². The molecule has 1 amide bonds. The fourth-order valence-electron chi connectivity index (χ4n) is 2.49. The Morgan fingerprint density at radius 1 is 1.45 bits per heavy atom. The topological polar surface area (TPSA) is 84.1 Å². The Morgan fingerprint density at radius 2 is 2.30 bits per heavy atom. The van der Waals surface area contributed by atoms with Gasteiger partial charge in [0.25, 0.3) is 0 Å². The van der Waals surface area contributed by atoms with Crippen LogP contribution < -0.4 is 11.1 Å². The van der Waals surface area contributed by atoms with Crippen LogP contribution in [0.15, 0.2) is 12.4 Å². The van der Waals surface area contributed by atoms with Crippen molar-refractivity contribution in [3.05, 3.63) is 18.1 Å². The number of carbonyl (C=O) groups is 1. The first kappa shape index (κ1) is 14.7. The van der Waals surface area contributed by atoms with Gasteiger partial charge in [0.15, 0.2) is 0 Å². The lowest BCUT2D eigenvalue weighted by Crippen LogP contribution is -2.47. The van der Waals surface area contributed by atoms with E-state index in [2.05, 4.69) is 27.1 Å². The molecular formula is C14H23N5O. The van der Waals surface area contributed by atoms with Gasteiger partial charge in [-0.05, 0) is 25.8 Å². The van der Waals surface area contributed by atoms with Gasteiger partial charge in [0.05, 0.1) is 24.1 Å². The number of hydrogen-bond donors (Lipinski definition) is 2. The Balaban J connectivity index is 1.96. The van der Waals surface area contributed by atoms with E-state index in [-0.39, 0.29) is 11.9 Å². The average Bonchev–Trinajstić information content (AvgIpc) is 2.47. The molecule has 20 heavy (non-hydrogen) atoms. The van der Waals surface area contributed by atoms with Crippen molar-refractivity contribution < 1.29 is 4.79 Å². The molecule has 1 aromatic rings. The molecular weight excluding hydrogens is 254 g/mol. The number of carbonyl (C=O) groups excluding carboxylic acids is 1. The van der Waals surface area contributed by atoms with Gasteiger partial charge in [-0.1, -0.05) is 13.3 Å². The summed E-state index contributed by atoms with van der Waals surface area (Å²) in [5.74, 6) is 0.555. The number of piperidine rings is 1. The maximum absolute atomic E-state index is 11.5. The lowest BCUT2D eigenvalue weighted by molar-refractivity contribution is -0.124. The molecule has 110 valence electrons. The van der Waals surface area contributed by atoms with Gasteiger partial charge in [0.1, 0.15) is 5.82 Å². The summed E-state index contributed by atoms with van der Waals surface area (Å²) in [7, 11) is 0. The van der Waals surface area contributed by atoms with Gasteiger partial charge in [0, 0.05) is 13.1 Å². The average molecular weight is 277 g/mol. The number of aromatic nitrogens is 2. The van der Waals surface area contributed by atoms with Crippen molar-refractivity contribution in [3.8, 4) is 0 Å². The third-order valence-electron chi connectivity index (χ3n) is 3.57. The molecule has 0 bridgehead atoms. The molecule has 0 spiro atoms. The van der Waals surface area contributed by atoms with E-state index < -0.39 is 0 Å². The van der Waals surface area contributed by atoms with E-state index in [0.29, 0.717) is 6.54 Å². The highest BCUT2D eigenvalue weighted by Crippen LogP contribution is 2.18. The van der Waals surface area contributed by atoms with Crippen molar-refractivity contribution in [2.45, 2.75) is 45.2 Å². The molecule has 6 nitrogen and oxygen atoms in total. The summed E-state index contributed by atoms with van der Waals surface area (Å²) in [4.78, 5) is 22.3. The van der Waals surface area contributed by atoms with Crippen LogP contribution in [0.25, 0.3) is 0 Å². The number of nitrogens with one attached hydrogen (secondary N) is 1. The number of anilines is 1. The molecule has 0 aliphatic carbocycles. The summed E-state index contributed by atoms with van der Waals surface area (Å²) in [5, 5.41) is 3.19. The predicted molar refractivity (Wildman–Crippen MR) is 78.1 cm³/mol. The molecule has 2 rings (SSSR count). The molecule has 1 unspecified atom stereocenters. The molecule has 0 radical (unpaired) electrons. The van der Waals surface area contributed by atoms with Crippen molar-refractivity contribution in [2.24, 2.45) is 5.73 Å². The van der Waals surface area contributed by atoms with Crippen LogP contribution in [0.4, 0.5) is 5.82 Å². The van der Waals surface area contributed by atoms with E-state index in [1.807, 2.05) is 0 Å². The monoisotopic (exact) mass is 277 g/mol. The standard InChI is InChI=1S/C14H23N5O/c1-2-6-16-13-9-17-11(8-18-13)10-19-7-4-3-5-12(19)14(15)20/h8-9,12H,2-7,10H2,1H3,(H2,15,20)(H,16,18). The Hall–Kier alpha value is -1.69. The van der Waals surface area contributed by atoms with Crippen LogP contribution in [0, 0.1) is 0 Å². The fraction of sp³-hybridized carbons (Fsp3) is 0.643. The fourth-order valence-corrected chi connectivity index (χ4v) is 2.49. The molecule has 6 heteroatoms. The van der Waals surface area contributed by atoms with Crippen molar-refractivity contribution in [1.82, 2.24) is 14.9 Å². The smallest absolute Gasteiger partial charge is 0.234 e. The minimum atomic E-state index is -0.237. The summed E-state index contributed by atoms with van der Waals surface area (Å²) in [5.41, 5.74) is 6.34. The Labute approximate surface area is 119 Å². The van der Waals surface area contributed by atoms with Crippen molar-refractivity contribution in [2.75, 3.05) is 18.4 Å². The lowest BCUT2D eigenvalue weighted by atomic mass is 10.0. The first-order chi connectivity index (χ1) is 9.70. The number of primary amides is 1. The number of nitrogens with two attached hydrogens (primary N) is 1. The predicted octanol–water partition coefficient (Wildman–Crippen LogP) is 1.14. The molecule has 0 saturated carbocycles. The van der Waals surface area contributed by atoms with Crippen LogP contribution in [0.5, 0.6) is 0 Å². The van der Waals surface area contributed by atoms with E-state index in [9.17, 15) is 4.79 Å². The van der Waals surface area contributed by atoms with E-state index in [0.717, 1.165) is 50.3 Å². The second-order valence-corrected chi connectivity index (χ2v) is 5.20. The normalized spacial score (nSPS) is 19.8. The van der Waals surface area contributed by atoms with Gasteiger partial charge in [-0.25, -0.2) is 4.98 Å². The van der Waals surface area contributed by atoms with Gasteiger partial charge in [-0.2, -0.15) is 0 Å². The van der Waals surface area contributed by atoms with Crippen molar-refractivity contribution in [1.29, 1.82) is 0 Å². The molecule has 1 aliphatic rings. The summed E-state index contributed by atoms with van der Waals surface area (Å²) in [6.07, 6.45) is 7.58. The summed E-state index contributed by atoms with van der Waals surface area (Å²) < 4.78 is 0. The molecule has 1 aromatic heterocycles. The second kappa shape index (κ2) is 7.19. The second-order valence-electron chi connectivity index (χ2n) is 5.20. The van der Waals surface area contributed by atoms with Crippen molar-refractivity contribution >= 4 is 11.7 Å². The number of likely N-dealkylation sites (tertiary alicyclic amines) is 1. The summed E-state index contributed by atoms with van der Waals surface area (Å²) >= 11 is 0. The zero-order chi connectivity index (χ0) is 14.4. The quantitative estimate of drug-likeness (QED) is 0.814. The maximum atomic E-state index is 11.5. The lowest BCUT2D eigenvalue weighted by Gasteiger charge is -2.33. The van der Waals surface area contributed by atoms with Crippen LogP contribution >= 0.6 is 0 Å². The minimum Gasteiger partial charge on any atom is -0.369 e. The van der Waals surface area contributed by atoms with Crippen LogP contribution in [-0.2, 0) is 11.3 Å².